The second kappa shape index (κ2) is 5.98. The van der Waals surface area contributed by atoms with Gasteiger partial charge in [-0.3, -0.25) is 9.59 Å². The number of hydrogen-bond donors (Lipinski definition) is 2. The lowest BCUT2D eigenvalue weighted by Crippen LogP contribution is -2.33. The van der Waals surface area contributed by atoms with E-state index < -0.39 is 0 Å². The van der Waals surface area contributed by atoms with Gasteiger partial charge in [0.2, 0.25) is 5.91 Å². The molecule has 0 aliphatic heterocycles. The Hall–Kier alpha value is -1.91. The minimum atomic E-state index is -0.334. The van der Waals surface area contributed by atoms with Crippen molar-refractivity contribution in [2.45, 2.75) is 13.8 Å². The van der Waals surface area contributed by atoms with Gasteiger partial charge in [0.1, 0.15) is 5.82 Å². The molecule has 0 aliphatic carbocycles. The summed E-state index contributed by atoms with van der Waals surface area (Å²) in [5, 5.41) is 5.18. The van der Waals surface area contributed by atoms with Crippen molar-refractivity contribution in [3.63, 3.8) is 0 Å². The highest BCUT2D eigenvalue weighted by Crippen LogP contribution is 2.08. The highest BCUT2D eigenvalue weighted by atomic mass is 19.1. The summed E-state index contributed by atoms with van der Waals surface area (Å²) in [5.41, 5.74) is 0.839. The number of nitrogens with one attached hydrogen (secondary N) is 2. The number of carbonyl (C=O) groups is 2. The summed E-state index contributed by atoms with van der Waals surface area (Å²) in [4.78, 5) is 22.2. The maximum atomic E-state index is 13.0. The van der Waals surface area contributed by atoms with Gasteiger partial charge in [-0.1, -0.05) is 0 Å². The Bertz CT molecular complexity index is 433. The molecule has 0 aromatic heterocycles. The average Bonchev–Trinajstić information content (AvgIpc) is 2.27. The molecule has 0 bridgehead atoms. The summed E-state index contributed by atoms with van der Waals surface area (Å²) in [7, 11) is 0. The van der Waals surface area contributed by atoms with E-state index in [2.05, 4.69) is 10.6 Å². The molecule has 0 atom stereocenters. The molecular formula is C12H15FN2O2. The number of carbonyl (C=O) groups excluding carboxylic acids is 2. The lowest BCUT2D eigenvalue weighted by molar-refractivity contribution is -0.118. The van der Waals surface area contributed by atoms with Gasteiger partial charge in [-0.2, -0.15) is 0 Å². The quantitative estimate of drug-likeness (QED) is 0.769. The van der Waals surface area contributed by atoms with Gasteiger partial charge in [0.25, 0.3) is 5.91 Å². The number of halogens is 1. The molecule has 0 saturated carbocycles. The maximum Gasteiger partial charge on any atom is 0.251 e. The molecule has 0 radical (unpaired) electrons. The monoisotopic (exact) mass is 238 g/mol. The van der Waals surface area contributed by atoms with Crippen molar-refractivity contribution in [1.29, 1.82) is 0 Å². The van der Waals surface area contributed by atoms with Gasteiger partial charge >= 0.3 is 0 Å². The Morgan fingerprint density at radius 2 is 1.88 bits per heavy atom. The Morgan fingerprint density at radius 3 is 2.47 bits per heavy atom. The summed E-state index contributed by atoms with van der Waals surface area (Å²) in [5.74, 6) is -0.755. The molecule has 0 spiro atoms. The summed E-state index contributed by atoms with van der Waals surface area (Å²) in [6.45, 7) is 3.73. The first-order chi connectivity index (χ1) is 8.00. The third kappa shape index (κ3) is 4.22. The van der Waals surface area contributed by atoms with Crippen LogP contribution in [0.4, 0.5) is 4.39 Å². The SMILES string of the molecule is CC(=O)NCCNC(=O)c1ccc(F)c(C)c1. The van der Waals surface area contributed by atoms with Crippen LogP contribution in [-0.4, -0.2) is 24.9 Å². The number of benzene rings is 1. The standard InChI is InChI=1S/C12H15FN2O2/c1-8-7-10(3-4-11(8)13)12(17)15-6-5-14-9(2)16/h3-4,7H,5-6H2,1-2H3,(H,14,16)(H,15,17). The Morgan fingerprint density at radius 1 is 1.24 bits per heavy atom. The normalized spacial score (nSPS) is 9.82. The molecule has 1 aromatic carbocycles. The molecule has 92 valence electrons. The zero-order valence-corrected chi connectivity index (χ0v) is 9.84. The third-order valence-corrected chi connectivity index (χ3v) is 2.20. The van der Waals surface area contributed by atoms with Gasteiger partial charge in [0.05, 0.1) is 0 Å². The van der Waals surface area contributed by atoms with E-state index in [9.17, 15) is 14.0 Å². The first kappa shape index (κ1) is 13.2. The second-order valence-electron chi connectivity index (χ2n) is 3.70. The van der Waals surface area contributed by atoms with Gasteiger partial charge < -0.3 is 10.6 Å². The zero-order chi connectivity index (χ0) is 12.8. The van der Waals surface area contributed by atoms with Crippen LogP contribution in [-0.2, 0) is 4.79 Å². The van der Waals surface area contributed by atoms with Gasteiger partial charge in [-0.15, -0.1) is 0 Å². The molecule has 0 aliphatic rings. The Kier molecular flexibility index (Phi) is 4.63. The van der Waals surface area contributed by atoms with Crippen LogP contribution in [0.1, 0.15) is 22.8 Å². The first-order valence-electron chi connectivity index (χ1n) is 5.29. The largest absolute Gasteiger partial charge is 0.355 e. The van der Waals surface area contributed by atoms with Crippen molar-refractivity contribution in [1.82, 2.24) is 10.6 Å². The molecule has 1 rings (SSSR count). The Balaban J connectivity index is 2.47. The van der Waals surface area contributed by atoms with Gasteiger partial charge in [0, 0.05) is 25.6 Å². The highest BCUT2D eigenvalue weighted by molar-refractivity contribution is 5.94. The average molecular weight is 238 g/mol. The molecule has 0 unspecified atom stereocenters. The minimum Gasteiger partial charge on any atom is -0.355 e. The van der Waals surface area contributed by atoms with Gasteiger partial charge in [0.15, 0.2) is 0 Å². The summed E-state index contributed by atoms with van der Waals surface area (Å²) < 4.78 is 13.0. The van der Waals surface area contributed by atoms with Crippen molar-refractivity contribution < 1.29 is 14.0 Å². The molecule has 2 amide bonds. The van der Waals surface area contributed by atoms with Crippen LogP contribution in [0, 0.1) is 12.7 Å². The van der Waals surface area contributed by atoms with Crippen LogP contribution in [0.15, 0.2) is 18.2 Å². The van der Waals surface area contributed by atoms with E-state index >= 15 is 0 Å². The molecule has 5 heteroatoms. The number of rotatable bonds is 4. The van der Waals surface area contributed by atoms with Crippen LogP contribution >= 0.6 is 0 Å². The van der Waals surface area contributed by atoms with E-state index in [4.69, 9.17) is 0 Å². The van der Waals surface area contributed by atoms with Crippen molar-refractivity contribution >= 4 is 11.8 Å². The van der Waals surface area contributed by atoms with E-state index in [1.165, 1.54) is 25.1 Å². The second-order valence-corrected chi connectivity index (χ2v) is 3.70. The number of amides is 2. The fourth-order valence-electron chi connectivity index (χ4n) is 1.30. The smallest absolute Gasteiger partial charge is 0.251 e. The molecule has 0 saturated heterocycles. The molecule has 17 heavy (non-hydrogen) atoms. The van der Waals surface area contributed by atoms with Crippen LogP contribution in [0.25, 0.3) is 0 Å². The van der Waals surface area contributed by atoms with Crippen LogP contribution in [0.5, 0.6) is 0 Å². The van der Waals surface area contributed by atoms with Gasteiger partial charge in [-0.25, -0.2) is 4.39 Å². The fourth-order valence-corrected chi connectivity index (χ4v) is 1.30. The summed E-state index contributed by atoms with van der Waals surface area (Å²) >= 11 is 0. The topological polar surface area (TPSA) is 58.2 Å². The van der Waals surface area contributed by atoms with Crippen molar-refractivity contribution in [3.8, 4) is 0 Å². The Labute approximate surface area is 99.2 Å². The lowest BCUT2D eigenvalue weighted by Gasteiger charge is -2.06. The molecular weight excluding hydrogens is 223 g/mol. The summed E-state index contributed by atoms with van der Waals surface area (Å²) in [6.07, 6.45) is 0. The predicted molar refractivity (Wildman–Crippen MR) is 62.2 cm³/mol. The van der Waals surface area contributed by atoms with Crippen molar-refractivity contribution in [2.75, 3.05) is 13.1 Å². The van der Waals surface area contributed by atoms with E-state index in [1.807, 2.05) is 0 Å². The molecule has 2 N–H and O–H groups in total. The van der Waals surface area contributed by atoms with Gasteiger partial charge in [-0.05, 0) is 30.7 Å². The third-order valence-electron chi connectivity index (χ3n) is 2.20. The number of aryl methyl sites for hydroxylation is 1. The van der Waals surface area contributed by atoms with E-state index in [0.717, 1.165) is 0 Å². The fraction of sp³-hybridized carbons (Fsp3) is 0.333. The molecule has 0 heterocycles. The predicted octanol–water partition coefficient (Wildman–Crippen LogP) is 1.00. The minimum absolute atomic E-state index is 0.142. The van der Waals surface area contributed by atoms with Crippen LogP contribution in [0.2, 0.25) is 0 Å². The number of hydrogen-bond acceptors (Lipinski definition) is 2. The van der Waals surface area contributed by atoms with E-state index in [0.29, 0.717) is 24.2 Å². The maximum absolute atomic E-state index is 13.0. The van der Waals surface area contributed by atoms with E-state index in [1.54, 1.807) is 6.92 Å². The van der Waals surface area contributed by atoms with Crippen LogP contribution < -0.4 is 10.6 Å². The van der Waals surface area contributed by atoms with Crippen molar-refractivity contribution in [3.05, 3.63) is 35.1 Å². The highest BCUT2D eigenvalue weighted by Gasteiger charge is 2.06. The zero-order valence-electron chi connectivity index (χ0n) is 9.84. The summed E-state index contributed by atoms with van der Waals surface area (Å²) in [6, 6.07) is 4.18. The molecule has 1 aromatic rings. The lowest BCUT2D eigenvalue weighted by atomic mass is 10.1. The van der Waals surface area contributed by atoms with Crippen molar-refractivity contribution in [2.24, 2.45) is 0 Å². The first-order valence-corrected chi connectivity index (χ1v) is 5.29. The molecule has 4 nitrogen and oxygen atoms in total. The van der Waals surface area contributed by atoms with Crippen LogP contribution in [0.3, 0.4) is 0 Å². The van der Waals surface area contributed by atoms with E-state index in [-0.39, 0.29) is 17.6 Å². The molecule has 0 fully saturated rings.